The van der Waals surface area contributed by atoms with Gasteiger partial charge in [0.25, 0.3) is 11.8 Å². The number of benzene rings is 1. The highest BCUT2D eigenvalue weighted by Crippen LogP contribution is 2.23. The van der Waals surface area contributed by atoms with Crippen molar-refractivity contribution in [3.63, 3.8) is 0 Å². The van der Waals surface area contributed by atoms with Crippen LogP contribution in [-0.2, 0) is 4.79 Å². The molecule has 3 amide bonds. The Labute approximate surface area is 148 Å². The summed E-state index contributed by atoms with van der Waals surface area (Å²) >= 11 is 0. The van der Waals surface area contributed by atoms with Gasteiger partial charge in [-0.25, -0.2) is 0 Å². The summed E-state index contributed by atoms with van der Waals surface area (Å²) in [5.74, 6) is -1.23. The molecule has 1 aliphatic heterocycles. The number of halogens is 1. The van der Waals surface area contributed by atoms with E-state index in [0.29, 0.717) is 17.7 Å². The number of hydrogen-bond acceptors (Lipinski definition) is 4. The first-order valence-electron chi connectivity index (χ1n) is 7.83. The monoisotopic (exact) mass is 353 g/mol. The van der Waals surface area contributed by atoms with Crippen molar-refractivity contribution in [3.05, 3.63) is 34.9 Å². The van der Waals surface area contributed by atoms with Crippen LogP contribution in [0.5, 0.6) is 0 Å². The topological polar surface area (TPSA) is 92.5 Å². The number of hydrogen-bond donors (Lipinski definition) is 2. The number of imide groups is 1. The predicted molar refractivity (Wildman–Crippen MR) is 94.3 cm³/mol. The van der Waals surface area contributed by atoms with Crippen molar-refractivity contribution >= 4 is 30.1 Å². The van der Waals surface area contributed by atoms with Gasteiger partial charge in [-0.05, 0) is 31.9 Å². The molecule has 0 fully saturated rings. The number of nitrogens with zero attached hydrogens (tertiary/aromatic N) is 1. The third-order valence-electron chi connectivity index (χ3n) is 4.47. The van der Waals surface area contributed by atoms with E-state index in [1.807, 2.05) is 20.8 Å². The summed E-state index contributed by atoms with van der Waals surface area (Å²) in [6, 6.07) is 5.08. The largest absolute Gasteiger partial charge is 0.353 e. The van der Waals surface area contributed by atoms with Gasteiger partial charge in [0.15, 0.2) is 0 Å². The van der Waals surface area contributed by atoms with Gasteiger partial charge in [-0.3, -0.25) is 19.3 Å². The second-order valence-corrected chi connectivity index (χ2v) is 6.09. The Morgan fingerprint density at radius 2 is 1.75 bits per heavy atom. The lowest BCUT2D eigenvalue weighted by atomic mass is 9.94. The summed E-state index contributed by atoms with van der Waals surface area (Å²) in [5, 5.41) is 2.72. The first kappa shape index (κ1) is 20.1. The maximum absolute atomic E-state index is 12.3. The first-order chi connectivity index (χ1) is 10.8. The van der Waals surface area contributed by atoms with Gasteiger partial charge < -0.3 is 11.1 Å². The molecule has 1 aromatic rings. The van der Waals surface area contributed by atoms with Gasteiger partial charge in [-0.1, -0.05) is 25.5 Å². The first-order valence-corrected chi connectivity index (χ1v) is 7.83. The normalized spacial score (nSPS) is 13.6. The van der Waals surface area contributed by atoms with E-state index in [2.05, 4.69) is 5.32 Å². The van der Waals surface area contributed by atoms with Gasteiger partial charge in [0.1, 0.15) is 6.54 Å². The molecule has 0 atom stereocenters. The summed E-state index contributed by atoms with van der Waals surface area (Å²) < 4.78 is 0. The van der Waals surface area contributed by atoms with Crippen LogP contribution in [0.1, 0.15) is 53.0 Å². The number of nitrogens with two attached hydrogens (primary N) is 1. The lowest BCUT2D eigenvalue weighted by Crippen LogP contribution is -2.51. The summed E-state index contributed by atoms with van der Waals surface area (Å²) in [5.41, 5.74) is 7.28. The zero-order valence-electron chi connectivity index (χ0n) is 14.2. The molecular weight excluding hydrogens is 330 g/mol. The molecule has 7 heteroatoms. The van der Waals surface area contributed by atoms with Crippen molar-refractivity contribution < 1.29 is 14.4 Å². The minimum atomic E-state index is -0.464. The minimum absolute atomic E-state index is 0. The van der Waals surface area contributed by atoms with E-state index >= 15 is 0 Å². The average Bonchev–Trinajstić information content (AvgIpc) is 2.77. The Morgan fingerprint density at radius 1 is 1.17 bits per heavy atom. The van der Waals surface area contributed by atoms with Gasteiger partial charge in [-0.15, -0.1) is 12.4 Å². The van der Waals surface area contributed by atoms with Gasteiger partial charge in [0.2, 0.25) is 5.91 Å². The molecule has 0 aliphatic carbocycles. The zero-order valence-corrected chi connectivity index (χ0v) is 15.0. The second kappa shape index (κ2) is 7.77. The van der Waals surface area contributed by atoms with Crippen LogP contribution < -0.4 is 11.1 Å². The number of carbonyl (C=O) groups excluding carboxylic acids is 3. The molecule has 0 saturated heterocycles. The van der Waals surface area contributed by atoms with Crippen LogP contribution in [0.15, 0.2) is 18.2 Å². The smallest absolute Gasteiger partial charge is 0.262 e. The highest BCUT2D eigenvalue weighted by Gasteiger charge is 2.36. The fourth-order valence-corrected chi connectivity index (χ4v) is 2.52. The lowest BCUT2D eigenvalue weighted by molar-refractivity contribution is -0.121. The third-order valence-corrected chi connectivity index (χ3v) is 4.47. The van der Waals surface area contributed by atoms with E-state index in [1.54, 1.807) is 18.2 Å². The van der Waals surface area contributed by atoms with E-state index in [4.69, 9.17) is 5.73 Å². The van der Waals surface area contributed by atoms with Crippen LogP contribution in [0.2, 0.25) is 0 Å². The highest BCUT2D eigenvalue weighted by atomic mass is 35.5. The molecule has 0 saturated carbocycles. The van der Waals surface area contributed by atoms with Crippen LogP contribution in [0.3, 0.4) is 0 Å². The van der Waals surface area contributed by atoms with Crippen LogP contribution >= 0.6 is 12.4 Å². The molecule has 132 valence electrons. The quantitative estimate of drug-likeness (QED) is 0.760. The van der Waals surface area contributed by atoms with E-state index < -0.39 is 17.4 Å². The molecule has 1 aliphatic rings. The van der Waals surface area contributed by atoms with Crippen molar-refractivity contribution in [1.29, 1.82) is 0 Å². The highest BCUT2D eigenvalue weighted by molar-refractivity contribution is 6.22. The van der Waals surface area contributed by atoms with Gasteiger partial charge >= 0.3 is 0 Å². The van der Waals surface area contributed by atoms with Crippen molar-refractivity contribution in [3.8, 4) is 0 Å². The Kier molecular flexibility index (Phi) is 6.51. The standard InChI is InChI=1S/C17H23N3O3.ClH/c1-4-17(18,5-2)10-19-14(21)9-20-15(22)12-7-6-11(3)8-13(12)16(20)23;/h6-8H,4-5,9-10,18H2,1-3H3,(H,19,21);1H. The third kappa shape index (κ3) is 3.94. The lowest BCUT2D eigenvalue weighted by Gasteiger charge is -2.27. The number of rotatable bonds is 6. The van der Waals surface area contributed by atoms with Crippen LogP contribution in [0, 0.1) is 6.92 Å². The molecule has 0 aromatic heterocycles. The number of fused-ring (bicyclic) bond motifs is 1. The van der Waals surface area contributed by atoms with Crippen molar-refractivity contribution in [2.75, 3.05) is 13.1 Å². The molecule has 2 rings (SSSR count). The molecule has 0 unspecified atom stereocenters. The predicted octanol–water partition coefficient (Wildman–Crippen LogP) is 1.65. The zero-order chi connectivity index (χ0) is 17.2. The van der Waals surface area contributed by atoms with E-state index in [0.717, 1.165) is 23.3 Å². The average molecular weight is 354 g/mol. The Hall–Kier alpha value is -1.92. The molecule has 0 radical (unpaired) electrons. The molecular formula is C17H24ClN3O3. The summed E-state index contributed by atoms with van der Waals surface area (Å²) in [4.78, 5) is 37.6. The Morgan fingerprint density at radius 3 is 2.33 bits per heavy atom. The van der Waals surface area contributed by atoms with E-state index in [1.165, 1.54) is 0 Å². The summed E-state index contributed by atoms with van der Waals surface area (Å²) in [7, 11) is 0. The fourth-order valence-electron chi connectivity index (χ4n) is 2.52. The number of aryl methyl sites for hydroxylation is 1. The van der Waals surface area contributed by atoms with Crippen LogP contribution in [-0.4, -0.2) is 41.2 Å². The second-order valence-electron chi connectivity index (χ2n) is 6.09. The molecule has 1 aromatic carbocycles. The van der Waals surface area contributed by atoms with E-state index in [9.17, 15) is 14.4 Å². The van der Waals surface area contributed by atoms with Crippen molar-refractivity contribution in [1.82, 2.24) is 10.2 Å². The SMILES string of the molecule is CCC(N)(CC)CNC(=O)CN1C(=O)c2ccc(C)cc2C1=O.Cl. The van der Waals surface area contributed by atoms with Crippen molar-refractivity contribution in [2.45, 2.75) is 39.2 Å². The van der Waals surface area contributed by atoms with Crippen LogP contribution in [0.25, 0.3) is 0 Å². The Bertz CT molecular complexity index is 656. The summed E-state index contributed by atoms with van der Waals surface area (Å²) in [6.07, 6.45) is 1.46. The van der Waals surface area contributed by atoms with Gasteiger partial charge in [0, 0.05) is 12.1 Å². The van der Waals surface area contributed by atoms with E-state index in [-0.39, 0.29) is 24.9 Å². The fraction of sp³-hybridized carbons (Fsp3) is 0.471. The van der Waals surface area contributed by atoms with Crippen LogP contribution in [0.4, 0.5) is 0 Å². The maximum atomic E-state index is 12.3. The van der Waals surface area contributed by atoms with Crippen molar-refractivity contribution in [2.24, 2.45) is 5.73 Å². The van der Waals surface area contributed by atoms with Gasteiger partial charge in [0.05, 0.1) is 11.1 Å². The molecule has 0 bridgehead atoms. The molecule has 6 nitrogen and oxygen atoms in total. The minimum Gasteiger partial charge on any atom is -0.353 e. The Balaban J connectivity index is 0.00000288. The molecule has 1 heterocycles. The maximum Gasteiger partial charge on any atom is 0.262 e. The summed E-state index contributed by atoms with van der Waals surface area (Å²) in [6.45, 7) is 5.81. The number of amides is 3. The number of carbonyl (C=O) groups is 3. The molecule has 24 heavy (non-hydrogen) atoms. The van der Waals surface area contributed by atoms with Gasteiger partial charge in [-0.2, -0.15) is 0 Å². The molecule has 3 N–H and O–H groups in total. The number of nitrogens with one attached hydrogen (secondary N) is 1. The molecule has 0 spiro atoms.